The van der Waals surface area contributed by atoms with Crippen LogP contribution < -0.4 is 4.90 Å². The molecule has 1 aliphatic rings. The SMILES string of the molecule is CC(=O)N(c1ccc(C)cc1)c1nc(CN2C[C@@H](C)O[C@@H](c3ccccc3)C2)cs1. The van der Waals surface area contributed by atoms with Crippen LogP contribution in [0.5, 0.6) is 0 Å². The number of amides is 1. The van der Waals surface area contributed by atoms with Crippen LogP contribution >= 0.6 is 11.3 Å². The average Bonchev–Trinajstić information content (AvgIpc) is 3.17. The number of nitrogens with zero attached hydrogens (tertiary/aromatic N) is 3. The zero-order valence-electron chi connectivity index (χ0n) is 17.6. The van der Waals surface area contributed by atoms with Gasteiger partial charge < -0.3 is 4.74 Å². The van der Waals surface area contributed by atoms with Crippen molar-refractivity contribution in [2.24, 2.45) is 0 Å². The van der Waals surface area contributed by atoms with Gasteiger partial charge in [-0.25, -0.2) is 4.98 Å². The molecule has 0 N–H and O–H groups in total. The summed E-state index contributed by atoms with van der Waals surface area (Å²) in [6, 6.07) is 18.3. The summed E-state index contributed by atoms with van der Waals surface area (Å²) in [5, 5.41) is 2.76. The Morgan fingerprint density at radius 2 is 1.90 bits per heavy atom. The summed E-state index contributed by atoms with van der Waals surface area (Å²) in [4.78, 5) is 21.2. The van der Waals surface area contributed by atoms with E-state index in [2.05, 4.69) is 41.5 Å². The van der Waals surface area contributed by atoms with Gasteiger partial charge in [-0.05, 0) is 31.5 Å². The lowest BCUT2D eigenvalue weighted by molar-refractivity contribution is -0.115. The first-order chi connectivity index (χ1) is 14.5. The Balaban J connectivity index is 1.49. The molecule has 4 rings (SSSR count). The molecule has 5 nitrogen and oxygen atoms in total. The van der Waals surface area contributed by atoms with Crippen LogP contribution in [0.2, 0.25) is 0 Å². The van der Waals surface area contributed by atoms with Gasteiger partial charge in [0.05, 0.1) is 23.6 Å². The van der Waals surface area contributed by atoms with Gasteiger partial charge in [-0.1, -0.05) is 48.0 Å². The molecule has 0 radical (unpaired) electrons. The lowest BCUT2D eigenvalue weighted by atomic mass is 10.1. The Bertz CT molecular complexity index is 987. The highest BCUT2D eigenvalue weighted by Gasteiger charge is 2.27. The van der Waals surface area contributed by atoms with Crippen molar-refractivity contribution in [3.05, 3.63) is 76.8 Å². The van der Waals surface area contributed by atoms with Crippen LogP contribution in [0.15, 0.2) is 60.0 Å². The fourth-order valence-electron chi connectivity index (χ4n) is 3.84. The van der Waals surface area contributed by atoms with Gasteiger partial charge in [0.1, 0.15) is 0 Å². The van der Waals surface area contributed by atoms with E-state index >= 15 is 0 Å². The van der Waals surface area contributed by atoms with Gasteiger partial charge in [-0.15, -0.1) is 11.3 Å². The Labute approximate surface area is 181 Å². The first-order valence-corrected chi connectivity index (χ1v) is 11.1. The molecule has 156 valence electrons. The molecule has 1 amide bonds. The number of aromatic nitrogens is 1. The highest BCUT2D eigenvalue weighted by atomic mass is 32.1. The number of thiazole rings is 1. The van der Waals surface area contributed by atoms with E-state index in [0.717, 1.165) is 36.6 Å². The van der Waals surface area contributed by atoms with E-state index in [9.17, 15) is 4.79 Å². The van der Waals surface area contributed by atoms with Crippen LogP contribution in [0.3, 0.4) is 0 Å². The molecule has 1 saturated heterocycles. The van der Waals surface area contributed by atoms with Gasteiger partial charge in [0.2, 0.25) is 5.91 Å². The van der Waals surface area contributed by atoms with Crippen LogP contribution in [0.4, 0.5) is 10.8 Å². The fourth-order valence-corrected chi connectivity index (χ4v) is 4.72. The molecule has 1 fully saturated rings. The lowest BCUT2D eigenvalue weighted by Gasteiger charge is -2.36. The summed E-state index contributed by atoms with van der Waals surface area (Å²) < 4.78 is 6.17. The van der Waals surface area contributed by atoms with E-state index < -0.39 is 0 Å². The molecule has 0 unspecified atom stereocenters. The summed E-state index contributed by atoms with van der Waals surface area (Å²) >= 11 is 1.51. The Kier molecular flexibility index (Phi) is 6.27. The molecule has 3 aromatic rings. The predicted octanol–water partition coefficient (Wildman–Crippen LogP) is 5.10. The smallest absolute Gasteiger partial charge is 0.230 e. The van der Waals surface area contributed by atoms with Gasteiger partial charge in [-0.3, -0.25) is 14.6 Å². The van der Waals surface area contributed by atoms with Crippen molar-refractivity contribution < 1.29 is 9.53 Å². The van der Waals surface area contributed by atoms with Crippen molar-refractivity contribution in [1.29, 1.82) is 0 Å². The van der Waals surface area contributed by atoms with E-state index in [1.54, 1.807) is 11.8 Å². The number of hydrogen-bond donors (Lipinski definition) is 0. The minimum atomic E-state index is -0.0381. The van der Waals surface area contributed by atoms with Crippen molar-refractivity contribution in [2.75, 3.05) is 18.0 Å². The minimum Gasteiger partial charge on any atom is -0.368 e. The molecular formula is C24H27N3O2S. The molecule has 1 aliphatic heterocycles. The molecule has 0 aliphatic carbocycles. The first kappa shape index (κ1) is 20.7. The quantitative estimate of drug-likeness (QED) is 0.575. The van der Waals surface area contributed by atoms with Crippen molar-refractivity contribution in [3.8, 4) is 0 Å². The Morgan fingerprint density at radius 3 is 2.60 bits per heavy atom. The summed E-state index contributed by atoms with van der Waals surface area (Å²) in [5.74, 6) is -0.0381. The molecule has 0 saturated carbocycles. The van der Waals surface area contributed by atoms with Crippen LogP contribution in [0, 0.1) is 6.92 Å². The van der Waals surface area contributed by atoms with Gasteiger partial charge in [-0.2, -0.15) is 0 Å². The standard InChI is InChI=1S/C24H27N3O2S/c1-17-9-11-22(12-10-17)27(19(3)28)24-25-21(16-30-24)14-26-13-18(2)29-23(15-26)20-7-5-4-6-8-20/h4-12,16,18,23H,13-15H2,1-3H3/t18-,23-/m1/s1. The second-order valence-corrected chi connectivity index (χ2v) is 8.69. The second kappa shape index (κ2) is 9.08. The molecule has 30 heavy (non-hydrogen) atoms. The summed E-state index contributed by atoms with van der Waals surface area (Å²) in [5.41, 5.74) is 4.19. The molecule has 2 atom stereocenters. The fraction of sp³-hybridized carbons (Fsp3) is 0.333. The highest BCUT2D eigenvalue weighted by molar-refractivity contribution is 7.14. The van der Waals surface area contributed by atoms with Crippen LogP contribution in [-0.2, 0) is 16.1 Å². The molecule has 6 heteroatoms. The topological polar surface area (TPSA) is 45.7 Å². The number of hydrogen-bond acceptors (Lipinski definition) is 5. The monoisotopic (exact) mass is 421 g/mol. The molecule has 2 aromatic carbocycles. The highest BCUT2D eigenvalue weighted by Crippen LogP contribution is 2.31. The molecule has 0 bridgehead atoms. The summed E-state index contributed by atoms with van der Waals surface area (Å²) in [6.07, 6.45) is 0.220. The third kappa shape index (κ3) is 4.78. The second-order valence-electron chi connectivity index (χ2n) is 7.85. The molecule has 2 heterocycles. The number of carbonyl (C=O) groups is 1. The number of ether oxygens (including phenoxy) is 1. The third-order valence-electron chi connectivity index (χ3n) is 5.23. The van der Waals surface area contributed by atoms with Gasteiger partial charge >= 0.3 is 0 Å². The van der Waals surface area contributed by atoms with Crippen LogP contribution in [0.1, 0.15) is 36.8 Å². The zero-order chi connectivity index (χ0) is 21.1. The Morgan fingerprint density at radius 1 is 1.17 bits per heavy atom. The molecule has 0 spiro atoms. The third-order valence-corrected chi connectivity index (χ3v) is 6.11. The maximum absolute atomic E-state index is 12.3. The average molecular weight is 422 g/mol. The minimum absolute atomic E-state index is 0.0381. The lowest BCUT2D eigenvalue weighted by Crippen LogP contribution is -2.42. The van der Waals surface area contributed by atoms with E-state index in [0.29, 0.717) is 5.13 Å². The number of rotatable bonds is 5. The molecule has 1 aromatic heterocycles. The van der Waals surface area contributed by atoms with Crippen molar-refractivity contribution in [1.82, 2.24) is 9.88 Å². The van der Waals surface area contributed by atoms with Gasteiger partial charge in [0, 0.05) is 31.9 Å². The number of benzene rings is 2. The van der Waals surface area contributed by atoms with Crippen LogP contribution in [0.25, 0.3) is 0 Å². The normalized spacial score (nSPS) is 19.6. The number of morpholine rings is 1. The number of anilines is 2. The van der Waals surface area contributed by atoms with E-state index in [1.165, 1.54) is 16.9 Å². The van der Waals surface area contributed by atoms with E-state index in [-0.39, 0.29) is 18.1 Å². The summed E-state index contributed by atoms with van der Waals surface area (Å²) in [6.45, 7) is 8.17. The zero-order valence-corrected chi connectivity index (χ0v) is 18.4. The predicted molar refractivity (Wildman–Crippen MR) is 121 cm³/mol. The van der Waals surface area contributed by atoms with Gasteiger partial charge in [0.15, 0.2) is 5.13 Å². The van der Waals surface area contributed by atoms with Crippen molar-refractivity contribution >= 4 is 28.1 Å². The summed E-state index contributed by atoms with van der Waals surface area (Å²) in [7, 11) is 0. The number of aryl methyl sites for hydroxylation is 1. The number of carbonyl (C=O) groups excluding carboxylic acids is 1. The van der Waals surface area contributed by atoms with E-state index in [4.69, 9.17) is 9.72 Å². The van der Waals surface area contributed by atoms with Crippen LogP contribution in [-0.4, -0.2) is 35.0 Å². The largest absolute Gasteiger partial charge is 0.368 e. The maximum Gasteiger partial charge on any atom is 0.230 e. The maximum atomic E-state index is 12.3. The van der Waals surface area contributed by atoms with Gasteiger partial charge in [0.25, 0.3) is 0 Å². The van der Waals surface area contributed by atoms with Crippen molar-refractivity contribution in [2.45, 2.75) is 39.5 Å². The Hall–Kier alpha value is -2.54. The first-order valence-electron chi connectivity index (χ1n) is 10.2. The van der Waals surface area contributed by atoms with Crippen molar-refractivity contribution in [3.63, 3.8) is 0 Å². The van der Waals surface area contributed by atoms with E-state index in [1.807, 2.05) is 37.3 Å². The molecular weight excluding hydrogens is 394 g/mol.